The van der Waals surface area contributed by atoms with Gasteiger partial charge in [-0.2, -0.15) is 4.98 Å². The molecule has 26 heavy (non-hydrogen) atoms. The number of hydrogen-bond acceptors (Lipinski definition) is 5. The molecule has 0 unspecified atom stereocenters. The van der Waals surface area contributed by atoms with Crippen LogP contribution >= 0.6 is 23.2 Å². The molecule has 0 saturated carbocycles. The topological polar surface area (TPSA) is 61.0 Å². The van der Waals surface area contributed by atoms with Gasteiger partial charge in [0.25, 0.3) is 5.89 Å². The summed E-state index contributed by atoms with van der Waals surface area (Å²) in [5.41, 5.74) is 2.34. The van der Waals surface area contributed by atoms with Crippen molar-refractivity contribution in [1.82, 2.24) is 15.1 Å². The summed E-state index contributed by atoms with van der Waals surface area (Å²) in [7, 11) is 0. The summed E-state index contributed by atoms with van der Waals surface area (Å²) in [4.78, 5) is 8.75. The predicted molar refractivity (Wildman–Crippen MR) is 101 cm³/mol. The summed E-state index contributed by atoms with van der Waals surface area (Å²) < 4.78 is 11.1. The Morgan fingerprint density at radius 1 is 1.12 bits per heavy atom. The van der Waals surface area contributed by atoms with Gasteiger partial charge in [0.1, 0.15) is 5.75 Å². The summed E-state index contributed by atoms with van der Waals surface area (Å²) in [5.74, 6) is 1.46. The van der Waals surface area contributed by atoms with E-state index in [1.54, 1.807) is 12.3 Å². The maximum Gasteiger partial charge on any atom is 0.261 e. The van der Waals surface area contributed by atoms with Crippen molar-refractivity contribution in [2.24, 2.45) is 0 Å². The molecule has 130 valence electrons. The molecule has 0 saturated heterocycles. The minimum Gasteiger partial charge on any atom is -0.485 e. The van der Waals surface area contributed by atoms with Crippen LogP contribution < -0.4 is 4.74 Å². The molecule has 0 N–H and O–H groups in total. The highest BCUT2D eigenvalue weighted by Crippen LogP contribution is 2.34. The van der Waals surface area contributed by atoms with E-state index in [4.69, 9.17) is 32.5 Å². The Morgan fingerprint density at radius 2 is 2.00 bits per heavy atom. The lowest BCUT2D eigenvalue weighted by atomic mass is 10.1. The third-order valence-electron chi connectivity index (χ3n) is 3.81. The Balaban J connectivity index is 1.64. The van der Waals surface area contributed by atoms with Gasteiger partial charge < -0.3 is 9.26 Å². The summed E-state index contributed by atoms with van der Waals surface area (Å²) in [6.45, 7) is 2.19. The van der Waals surface area contributed by atoms with Crippen LogP contribution in [0.3, 0.4) is 0 Å². The molecule has 0 atom stereocenters. The van der Waals surface area contributed by atoms with Gasteiger partial charge in [-0.15, -0.1) is 0 Å². The summed E-state index contributed by atoms with van der Waals surface area (Å²) in [6, 6.07) is 13.2. The van der Waals surface area contributed by atoms with Crippen molar-refractivity contribution in [3.05, 3.63) is 70.1 Å². The zero-order chi connectivity index (χ0) is 18.1. The van der Waals surface area contributed by atoms with Crippen molar-refractivity contribution in [3.8, 4) is 17.2 Å². The molecule has 4 aromatic rings. The third kappa shape index (κ3) is 3.36. The van der Waals surface area contributed by atoms with Crippen LogP contribution in [0.15, 0.2) is 53.2 Å². The standard InChI is InChI=1S/C19H13Cl2N3O2/c1-11-3-2-4-14(7-11)25-10-16-23-19(26-24-16)17-15(21)6-5-12-8-13(20)9-22-18(12)17/h2-9H,10H2,1H3. The first-order valence-electron chi connectivity index (χ1n) is 7.86. The number of halogens is 2. The number of rotatable bonds is 4. The first-order chi connectivity index (χ1) is 12.6. The Bertz CT molecular complexity index is 1100. The van der Waals surface area contributed by atoms with Crippen LogP contribution in [0.4, 0.5) is 0 Å². The number of fused-ring (bicyclic) bond motifs is 1. The molecule has 0 amide bonds. The minimum absolute atomic E-state index is 0.189. The zero-order valence-electron chi connectivity index (χ0n) is 13.7. The zero-order valence-corrected chi connectivity index (χ0v) is 15.3. The van der Waals surface area contributed by atoms with E-state index in [1.165, 1.54) is 0 Å². The number of aromatic nitrogens is 3. The van der Waals surface area contributed by atoms with Crippen molar-refractivity contribution in [1.29, 1.82) is 0 Å². The maximum atomic E-state index is 6.35. The van der Waals surface area contributed by atoms with E-state index in [1.807, 2.05) is 43.3 Å². The number of hydrogen-bond donors (Lipinski definition) is 0. The molecular formula is C19H13Cl2N3O2. The molecule has 0 aliphatic heterocycles. The molecule has 0 radical (unpaired) electrons. The van der Waals surface area contributed by atoms with Crippen LogP contribution in [0.25, 0.3) is 22.4 Å². The summed E-state index contributed by atoms with van der Waals surface area (Å²) in [5, 5.41) is 5.83. The van der Waals surface area contributed by atoms with Crippen molar-refractivity contribution < 1.29 is 9.26 Å². The highest BCUT2D eigenvalue weighted by atomic mass is 35.5. The van der Waals surface area contributed by atoms with Gasteiger partial charge in [0.15, 0.2) is 6.61 Å². The maximum absolute atomic E-state index is 6.35. The van der Waals surface area contributed by atoms with Crippen molar-refractivity contribution in [2.75, 3.05) is 0 Å². The van der Waals surface area contributed by atoms with Crippen LogP contribution in [0, 0.1) is 6.92 Å². The van der Waals surface area contributed by atoms with E-state index in [0.29, 0.717) is 32.8 Å². The highest BCUT2D eigenvalue weighted by molar-refractivity contribution is 6.35. The van der Waals surface area contributed by atoms with Gasteiger partial charge in [0, 0.05) is 11.6 Å². The average Bonchev–Trinajstić information content (AvgIpc) is 3.08. The Kier molecular flexibility index (Phi) is 4.49. The Labute approximate surface area is 159 Å². The molecular weight excluding hydrogens is 373 g/mol. The van der Waals surface area contributed by atoms with E-state index >= 15 is 0 Å². The number of benzene rings is 2. The van der Waals surface area contributed by atoms with Crippen LogP contribution in [0.2, 0.25) is 10.0 Å². The van der Waals surface area contributed by atoms with Crippen molar-refractivity contribution in [2.45, 2.75) is 13.5 Å². The van der Waals surface area contributed by atoms with Crippen LogP contribution in [0.1, 0.15) is 11.4 Å². The first-order valence-corrected chi connectivity index (χ1v) is 8.62. The fourth-order valence-electron chi connectivity index (χ4n) is 2.62. The molecule has 5 nitrogen and oxygen atoms in total. The van der Waals surface area contributed by atoms with Gasteiger partial charge in [-0.05, 0) is 36.8 Å². The lowest BCUT2D eigenvalue weighted by Gasteiger charge is -2.04. The Morgan fingerprint density at radius 3 is 2.85 bits per heavy atom. The normalized spacial score (nSPS) is 11.0. The number of pyridine rings is 1. The third-order valence-corrected chi connectivity index (χ3v) is 4.33. The van der Waals surface area contributed by atoms with E-state index < -0.39 is 0 Å². The summed E-state index contributed by atoms with van der Waals surface area (Å²) in [6.07, 6.45) is 1.56. The van der Waals surface area contributed by atoms with Gasteiger partial charge >= 0.3 is 0 Å². The second-order valence-electron chi connectivity index (χ2n) is 5.77. The molecule has 4 rings (SSSR count). The van der Waals surface area contributed by atoms with Crippen LogP contribution in [-0.2, 0) is 6.61 Å². The first kappa shape index (κ1) is 16.8. The van der Waals surface area contributed by atoms with Crippen LogP contribution in [0.5, 0.6) is 5.75 Å². The van der Waals surface area contributed by atoms with Crippen molar-refractivity contribution >= 4 is 34.1 Å². The van der Waals surface area contributed by atoms with E-state index in [0.717, 1.165) is 16.7 Å². The van der Waals surface area contributed by atoms with Gasteiger partial charge in [-0.25, -0.2) is 0 Å². The lowest BCUT2D eigenvalue weighted by Crippen LogP contribution is -1.97. The molecule has 7 heteroatoms. The van der Waals surface area contributed by atoms with Gasteiger partial charge in [-0.3, -0.25) is 4.98 Å². The molecule has 0 bridgehead atoms. The quantitative estimate of drug-likeness (QED) is 0.465. The number of nitrogens with zero attached hydrogens (tertiary/aromatic N) is 3. The number of ether oxygens (including phenoxy) is 1. The van der Waals surface area contributed by atoms with Gasteiger partial charge in [0.05, 0.1) is 21.1 Å². The molecule has 0 spiro atoms. The van der Waals surface area contributed by atoms with Gasteiger partial charge in [0.2, 0.25) is 5.82 Å². The molecule has 0 fully saturated rings. The SMILES string of the molecule is Cc1cccc(OCc2noc(-c3c(Cl)ccc4cc(Cl)cnc34)n2)c1. The molecule has 0 aliphatic rings. The lowest BCUT2D eigenvalue weighted by molar-refractivity contribution is 0.287. The van der Waals surface area contributed by atoms with E-state index in [2.05, 4.69) is 15.1 Å². The van der Waals surface area contributed by atoms with E-state index in [9.17, 15) is 0 Å². The second kappa shape index (κ2) is 6.94. The number of aryl methyl sites for hydroxylation is 1. The largest absolute Gasteiger partial charge is 0.485 e. The van der Waals surface area contributed by atoms with Crippen molar-refractivity contribution in [3.63, 3.8) is 0 Å². The molecule has 2 aromatic carbocycles. The monoisotopic (exact) mass is 385 g/mol. The fourth-order valence-corrected chi connectivity index (χ4v) is 3.02. The molecule has 2 aromatic heterocycles. The fraction of sp³-hybridized carbons (Fsp3) is 0.105. The van der Waals surface area contributed by atoms with E-state index in [-0.39, 0.29) is 6.61 Å². The smallest absolute Gasteiger partial charge is 0.261 e. The average molecular weight is 386 g/mol. The predicted octanol–water partition coefficient (Wildman–Crippen LogP) is 5.48. The Hall–Kier alpha value is -2.63. The second-order valence-corrected chi connectivity index (χ2v) is 6.61. The molecule has 0 aliphatic carbocycles. The minimum atomic E-state index is 0.189. The summed E-state index contributed by atoms with van der Waals surface area (Å²) >= 11 is 12.4. The molecule has 2 heterocycles. The van der Waals surface area contributed by atoms with Crippen LogP contribution in [-0.4, -0.2) is 15.1 Å². The van der Waals surface area contributed by atoms with Gasteiger partial charge in [-0.1, -0.05) is 46.6 Å². The highest BCUT2D eigenvalue weighted by Gasteiger charge is 2.17.